The van der Waals surface area contributed by atoms with Gasteiger partial charge in [0.2, 0.25) is 5.56 Å². The van der Waals surface area contributed by atoms with Crippen LogP contribution in [0.5, 0.6) is 17.2 Å². The summed E-state index contributed by atoms with van der Waals surface area (Å²) in [5.74, 6) is 1.21. The lowest BCUT2D eigenvalue weighted by Crippen LogP contribution is -2.52. The fourth-order valence-corrected chi connectivity index (χ4v) is 8.39. The zero-order valence-corrected chi connectivity index (χ0v) is 35.1. The molecule has 0 spiro atoms. The molecule has 0 saturated carbocycles. The molecule has 4 heterocycles. The molecule has 5 aromatic carbocycles. The minimum Gasteiger partial charge on any atom is -0.506 e. The van der Waals surface area contributed by atoms with Gasteiger partial charge in [-0.3, -0.25) is 9.69 Å². The largest absolute Gasteiger partial charge is 0.506 e. The first-order chi connectivity index (χ1) is 30.7. The van der Waals surface area contributed by atoms with Crippen molar-refractivity contribution in [2.45, 2.75) is 51.2 Å². The van der Waals surface area contributed by atoms with Crippen LogP contribution in [0.1, 0.15) is 68.7 Å². The number of nitrogens with one attached hydrogen (secondary N) is 3. The SMILES string of the molecule is Cc1cc(CNCC(O)c2ccc(O)c3[nH]c(=O)ccc23)ccc1OCCOC(=O)c1ccc(COc2cccc(C(NC(=O)O[C@H]3CN4CCC3CC4)c3ccccc3)c2)cc1. The molecule has 3 aliphatic rings. The van der Waals surface area contributed by atoms with Gasteiger partial charge in [-0.25, -0.2) is 9.59 Å². The number of carbonyl (C=O) groups is 2. The first kappa shape index (κ1) is 43.0. The van der Waals surface area contributed by atoms with E-state index < -0.39 is 24.2 Å². The third kappa shape index (κ3) is 10.9. The molecule has 3 atom stereocenters. The number of aromatic amines is 1. The number of nitrogens with zero attached hydrogens (tertiary/aromatic N) is 1. The van der Waals surface area contributed by atoms with Crippen molar-refractivity contribution in [3.63, 3.8) is 0 Å². The number of esters is 1. The van der Waals surface area contributed by atoms with E-state index in [0.717, 1.165) is 60.3 Å². The quantitative estimate of drug-likeness (QED) is 0.0469. The number of hydrogen-bond acceptors (Lipinski definition) is 11. The van der Waals surface area contributed by atoms with Crippen molar-refractivity contribution in [2.75, 3.05) is 39.4 Å². The van der Waals surface area contributed by atoms with Crippen molar-refractivity contribution in [2.24, 2.45) is 5.92 Å². The minimum absolute atomic E-state index is 0.0565. The van der Waals surface area contributed by atoms with Gasteiger partial charge in [-0.1, -0.05) is 72.8 Å². The van der Waals surface area contributed by atoms with Crippen LogP contribution >= 0.6 is 0 Å². The summed E-state index contributed by atoms with van der Waals surface area (Å²) in [5, 5.41) is 28.0. The number of fused-ring (bicyclic) bond motifs is 4. The van der Waals surface area contributed by atoms with Gasteiger partial charge in [0.15, 0.2) is 0 Å². The molecule has 326 valence electrons. The van der Waals surface area contributed by atoms with Crippen LogP contribution in [-0.4, -0.2) is 77.7 Å². The van der Waals surface area contributed by atoms with Gasteiger partial charge in [-0.15, -0.1) is 0 Å². The minimum atomic E-state index is -0.866. The number of hydrogen-bond donors (Lipinski definition) is 5. The number of rotatable bonds is 17. The van der Waals surface area contributed by atoms with E-state index in [1.165, 1.54) is 12.1 Å². The molecular weight excluding hydrogens is 801 g/mol. The maximum absolute atomic E-state index is 13.2. The molecule has 1 aromatic heterocycles. The Bertz CT molecular complexity index is 2570. The Balaban J connectivity index is 0.773. The van der Waals surface area contributed by atoms with Gasteiger partial charge in [0.1, 0.15) is 43.2 Å². The Morgan fingerprint density at radius 1 is 0.841 bits per heavy atom. The molecule has 2 bridgehead atoms. The third-order valence-corrected chi connectivity index (χ3v) is 11.8. The molecule has 13 nitrogen and oxygen atoms in total. The number of pyridine rings is 1. The lowest BCUT2D eigenvalue weighted by atomic mass is 9.86. The number of piperidine rings is 3. The zero-order valence-electron chi connectivity index (χ0n) is 35.1. The van der Waals surface area contributed by atoms with E-state index in [9.17, 15) is 24.6 Å². The summed E-state index contributed by atoms with van der Waals surface area (Å²) in [6, 6.07) is 36.0. The molecule has 13 heteroatoms. The molecule has 63 heavy (non-hydrogen) atoms. The highest BCUT2D eigenvalue weighted by Gasteiger charge is 2.37. The average Bonchev–Trinajstić information content (AvgIpc) is 3.30. The summed E-state index contributed by atoms with van der Waals surface area (Å²) in [7, 11) is 0. The van der Waals surface area contributed by atoms with Gasteiger partial charge < -0.3 is 44.8 Å². The average molecular weight is 853 g/mol. The maximum atomic E-state index is 13.2. The summed E-state index contributed by atoms with van der Waals surface area (Å²) in [6.07, 6.45) is 0.740. The number of benzene rings is 5. The van der Waals surface area contributed by atoms with Crippen molar-refractivity contribution >= 4 is 23.0 Å². The number of phenols is 1. The van der Waals surface area contributed by atoms with Crippen LogP contribution in [0.2, 0.25) is 0 Å². The van der Waals surface area contributed by atoms with E-state index >= 15 is 0 Å². The fraction of sp³-hybridized carbons (Fsp3) is 0.300. The van der Waals surface area contributed by atoms with Gasteiger partial charge >= 0.3 is 12.1 Å². The van der Waals surface area contributed by atoms with Crippen LogP contribution in [0.4, 0.5) is 4.79 Å². The monoisotopic (exact) mass is 852 g/mol. The van der Waals surface area contributed by atoms with Crippen LogP contribution in [0.25, 0.3) is 10.9 Å². The van der Waals surface area contributed by atoms with Crippen molar-refractivity contribution in [1.82, 2.24) is 20.5 Å². The zero-order chi connectivity index (χ0) is 43.7. The maximum Gasteiger partial charge on any atom is 0.408 e. The molecule has 3 fully saturated rings. The summed E-state index contributed by atoms with van der Waals surface area (Å²) in [4.78, 5) is 42.8. The Kier molecular flexibility index (Phi) is 13.7. The molecule has 0 radical (unpaired) electrons. The summed E-state index contributed by atoms with van der Waals surface area (Å²) >= 11 is 0. The molecule has 5 N–H and O–H groups in total. The molecule has 1 amide bonds. The summed E-state index contributed by atoms with van der Waals surface area (Å²) < 4.78 is 23.5. The fourth-order valence-electron chi connectivity index (χ4n) is 8.39. The number of phenolic OH excluding ortho intramolecular Hbond substituents is 1. The Hall–Kier alpha value is -6.67. The number of aromatic hydroxyl groups is 1. The number of H-pyrrole nitrogens is 1. The molecule has 3 aliphatic heterocycles. The number of carbonyl (C=O) groups excluding carboxylic acids is 2. The van der Waals surface area contributed by atoms with Gasteiger partial charge in [0.05, 0.1) is 23.2 Å². The van der Waals surface area contributed by atoms with E-state index in [0.29, 0.717) is 46.0 Å². The molecule has 6 aromatic rings. The Labute approximate surface area is 365 Å². The van der Waals surface area contributed by atoms with Gasteiger partial charge in [0.25, 0.3) is 0 Å². The number of amides is 1. The molecule has 2 unspecified atom stereocenters. The second-order valence-corrected chi connectivity index (χ2v) is 16.1. The topological polar surface area (TPSA) is 172 Å². The van der Waals surface area contributed by atoms with Crippen LogP contribution in [0, 0.1) is 12.8 Å². The van der Waals surface area contributed by atoms with Crippen LogP contribution in [-0.2, 0) is 22.6 Å². The first-order valence-corrected chi connectivity index (χ1v) is 21.4. The van der Waals surface area contributed by atoms with Crippen molar-refractivity contribution in [1.29, 1.82) is 0 Å². The van der Waals surface area contributed by atoms with E-state index in [2.05, 4.69) is 20.5 Å². The molecular formula is C50H52N4O9. The van der Waals surface area contributed by atoms with E-state index in [1.807, 2.05) is 91.9 Å². The Morgan fingerprint density at radius 2 is 1.62 bits per heavy atom. The second kappa shape index (κ2) is 20.0. The smallest absolute Gasteiger partial charge is 0.408 e. The van der Waals surface area contributed by atoms with Gasteiger partial charge in [0, 0.05) is 31.1 Å². The highest BCUT2D eigenvalue weighted by molar-refractivity contribution is 5.89. The number of aryl methyl sites for hydroxylation is 1. The number of ether oxygens (including phenoxy) is 4. The van der Waals surface area contributed by atoms with E-state index in [1.54, 1.807) is 24.3 Å². The van der Waals surface area contributed by atoms with Crippen LogP contribution in [0.15, 0.2) is 126 Å². The molecule has 9 rings (SSSR count). The highest BCUT2D eigenvalue weighted by Crippen LogP contribution is 2.32. The third-order valence-electron chi connectivity index (χ3n) is 11.8. The number of aromatic nitrogens is 1. The molecule has 3 saturated heterocycles. The van der Waals surface area contributed by atoms with Crippen LogP contribution in [0.3, 0.4) is 0 Å². The van der Waals surface area contributed by atoms with E-state index in [-0.39, 0.29) is 43.8 Å². The number of alkyl carbamates (subject to hydrolysis) is 1. The van der Waals surface area contributed by atoms with Crippen molar-refractivity contribution < 1.29 is 38.7 Å². The number of aliphatic hydroxyl groups excluding tert-OH is 1. The van der Waals surface area contributed by atoms with Crippen LogP contribution < -0.4 is 25.7 Å². The number of aliphatic hydroxyl groups is 1. The first-order valence-electron chi connectivity index (χ1n) is 21.4. The Morgan fingerprint density at radius 3 is 2.38 bits per heavy atom. The standard InChI is InChI=1S/C50H52N4O9/c1-32-26-34(28-51-29-43(56)40-15-17-42(55)48-41(40)16-19-46(57)52-48)12-18-44(32)60-24-25-61-49(58)37-13-10-33(11-14-37)31-62-39-9-5-8-38(27-39)47(36-6-3-2-4-7-36)53-50(59)63-45-30-54-22-20-35(45)21-23-54/h2-19,26-27,35,43,45,47,51,55-56H,20-25,28-31H2,1H3,(H,52,57)(H,53,59)/t43?,45-,47?/m0/s1. The van der Waals surface area contributed by atoms with Crippen molar-refractivity contribution in [3.8, 4) is 17.2 Å². The van der Waals surface area contributed by atoms with Gasteiger partial charge in [-0.2, -0.15) is 0 Å². The normalized spacial score (nSPS) is 17.7. The summed E-state index contributed by atoms with van der Waals surface area (Å²) in [5.41, 5.74) is 5.53. The predicted octanol–water partition coefficient (Wildman–Crippen LogP) is 7.09. The molecule has 0 aliphatic carbocycles. The highest BCUT2D eigenvalue weighted by atomic mass is 16.6. The summed E-state index contributed by atoms with van der Waals surface area (Å²) in [6.45, 7) is 6.13. The van der Waals surface area contributed by atoms with Crippen molar-refractivity contribution in [3.05, 3.63) is 171 Å². The second-order valence-electron chi connectivity index (χ2n) is 16.1. The predicted molar refractivity (Wildman–Crippen MR) is 238 cm³/mol. The van der Waals surface area contributed by atoms with Gasteiger partial charge in [-0.05, 0) is 115 Å². The van der Waals surface area contributed by atoms with E-state index in [4.69, 9.17) is 18.9 Å². The lowest BCUT2D eigenvalue weighted by molar-refractivity contribution is -0.0336. The lowest BCUT2D eigenvalue weighted by Gasteiger charge is -2.43.